The number of aliphatic hydroxyl groups is 1. The van der Waals surface area contributed by atoms with E-state index < -0.39 is 6.10 Å². The number of nitrogens with zero attached hydrogens (tertiary/aromatic N) is 1. The van der Waals surface area contributed by atoms with Crippen molar-refractivity contribution in [2.75, 3.05) is 0 Å². The number of hydrogen-bond donors (Lipinski definition) is 1. The summed E-state index contributed by atoms with van der Waals surface area (Å²) in [6, 6.07) is 19.3. The fourth-order valence-electron chi connectivity index (χ4n) is 3.86. The van der Waals surface area contributed by atoms with Crippen LogP contribution in [0.15, 0.2) is 54.6 Å². The summed E-state index contributed by atoms with van der Waals surface area (Å²) in [6.07, 6.45) is 5.91. The fourth-order valence-corrected chi connectivity index (χ4v) is 3.86. The van der Waals surface area contributed by atoms with E-state index in [-0.39, 0.29) is 50.6 Å². The van der Waals surface area contributed by atoms with Gasteiger partial charge in [-0.25, -0.2) is 6.57 Å². The summed E-state index contributed by atoms with van der Waals surface area (Å²) in [4.78, 5) is 3.88. The van der Waals surface area contributed by atoms with E-state index in [9.17, 15) is 5.11 Å². The quantitative estimate of drug-likeness (QED) is 0.604. The topological polar surface area (TPSA) is 24.6 Å². The van der Waals surface area contributed by atoms with Gasteiger partial charge in [-0.15, -0.1) is 5.56 Å². The Morgan fingerprint density at radius 1 is 1.11 bits per heavy atom. The molecule has 1 N–H and O–H groups in total. The van der Waals surface area contributed by atoms with Gasteiger partial charge in [-0.1, -0.05) is 50.3 Å². The van der Waals surface area contributed by atoms with E-state index in [1.165, 1.54) is 5.56 Å². The van der Waals surface area contributed by atoms with Crippen LogP contribution in [0.5, 0.6) is 0 Å². The molecule has 27 heavy (non-hydrogen) atoms. The second-order valence-corrected chi connectivity index (χ2v) is 7.51. The molecule has 2 nitrogen and oxygen atoms in total. The van der Waals surface area contributed by atoms with Crippen LogP contribution in [0.2, 0.25) is 0 Å². The Morgan fingerprint density at radius 3 is 2.37 bits per heavy atom. The molecule has 1 radical (unpaired) electrons. The third-order valence-electron chi connectivity index (χ3n) is 5.44. The van der Waals surface area contributed by atoms with Crippen LogP contribution >= 0.6 is 0 Å². The van der Waals surface area contributed by atoms with Gasteiger partial charge < -0.3 is 9.95 Å². The fraction of sp³-hybridized carbons (Fsp3) is 0.375. The molecule has 4 unspecified atom stereocenters. The summed E-state index contributed by atoms with van der Waals surface area (Å²) in [6.45, 7) is 11.6. The number of rotatable bonds is 5. The van der Waals surface area contributed by atoms with Gasteiger partial charge in [0.25, 0.3) is 0 Å². The molecule has 2 aromatic carbocycles. The Labute approximate surface area is 188 Å². The molecular formula is C24H26NOY-. The average Bonchev–Trinajstić information content (AvgIpc) is 3.09. The van der Waals surface area contributed by atoms with Gasteiger partial charge in [-0.3, -0.25) is 0 Å². The Bertz CT molecular complexity index is 776. The van der Waals surface area contributed by atoms with Crippen molar-refractivity contribution in [3.05, 3.63) is 88.8 Å². The molecule has 1 saturated carbocycles. The molecule has 0 amide bonds. The van der Waals surface area contributed by atoms with Gasteiger partial charge in [0.2, 0.25) is 6.04 Å². The van der Waals surface area contributed by atoms with E-state index in [0.717, 1.165) is 24.0 Å². The molecule has 0 aromatic heterocycles. The maximum atomic E-state index is 10.2. The molecule has 2 aromatic rings. The Kier molecular flexibility index (Phi) is 8.42. The normalized spacial score (nSPS) is 23.1. The Hall–Kier alpha value is -1.27. The molecule has 0 spiro atoms. The van der Waals surface area contributed by atoms with Crippen LogP contribution < -0.4 is 0 Å². The summed E-state index contributed by atoms with van der Waals surface area (Å²) in [5, 5.41) is 10.2. The molecule has 137 valence electrons. The zero-order chi connectivity index (χ0) is 18.5. The van der Waals surface area contributed by atoms with E-state index in [0.29, 0.717) is 5.92 Å². The van der Waals surface area contributed by atoms with Gasteiger partial charge in [-0.05, 0) is 29.4 Å². The summed E-state index contributed by atoms with van der Waals surface area (Å²) in [7, 11) is 0. The second kappa shape index (κ2) is 10.3. The third-order valence-corrected chi connectivity index (χ3v) is 5.44. The molecule has 1 aliphatic carbocycles. The summed E-state index contributed by atoms with van der Waals surface area (Å²) in [5.74, 6) is 0.807. The molecular weight excluding hydrogens is 407 g/mol. The van der Waals surface area contributed by atoms with Crippen LogP contribution in [0.1, 0.15) is 55.4 Å². The summed E-state index contributed by atoms with van der Waals surface area (Å²) < 4.78 is 0. The van der Waals surface area contributed by atoms with E-state index in [2.05, 4.69) is 35.2 Å². The van der Waals surface area contributed by atoms with Gasteiger partial charge in [0.05, 0.1) is 12.0 Å². The average molecular weight is 433 g/mol. The monoisotopic (exact) mass is 433 g/mol. The second-order valence-electron chi connectivity index (χ2n) is 7.51. The first-order valence-corrected chi connectivity index (χ1v) is 9.39. The van der Waals surface area contributed by atoms with Gasteiger partial charge >= 0.3 is 0 Å². The summed E-state index contributed by atoms with van der Waals surface area (Å²) >= 11 is 0. The van der Waals surface area contributed by atoms with Gasteiger partial charge in [0.1, 0.15) is 0 Å². The first kappa shape index (κ1) is 22.0. The van der Waals surface area contributed by atoms with Crippen molar-refractivity contribution in [2.45, 2.75) is 44.8 Å². The molecule has 0 bridgehead atoms. The van der Waals surface area contributed by atoms with Crippen LogP contribution in [-0.2, 0) is 32.7 Å². The molecule has 4 atom stereocenters. The third kappa shape index (κ3) is 5.38. The van der Waals surface area contributed by atoms with E-state index >= 15 is 0 Å². The SMILES string of the molecule is [C-]#[N+]C1CCC(c2ccc(C(O)C(C)C)cc2)C1/C=C/c1cc[c-]cc1.[Y]. The molecule has 3 heteroatoms. The predicted molar refractivity (Wildman–Crippen MR) is 106 cm³/mol. The van der Waals surface area contributed by atoms with Crippen LogP contribution in [0, 0.1) is 24.5 Å². The van der Waals surface area contributed by atoms with Crippen LogP contribution in [-0.4, -0.2) is 11.1 Å². The summed E-state index contributed by atoms with van der Waals surface area (Å²) in [5.41, 5.74) is 3.39. The van der Waals surface area contributed by atoms with Crippen molar-refractivity contribution in [2.24, 2.45) is 11.8 Å². The number of benzene rings is 2. The Morgan fingerprint density at radius 2 is 1.78 bits per heavy atom. The minimum atomic E-state index is -0.422. The van der Waals surface area contributed by atoms with E-state index in [1.807, 2.05) is 50.2 Å². The van der Waals surface area contributed by atoms with E-state index in [1.54, 1.807) is 0 Å². The largest absolute Gasteiger partial charge is 0.388 e. The molecule has 0 saturated heterocycles. The van der Waals surface area contributed by atoms with Crippen molar-refractivity contribution < 1.29 is 37.8 Å². The van der Waals surface area contributed by atoms with Gasteiger partial charge in [0, 0.05) is 39.1 Å². The maximum Gasteiger partial charge on any atom is 0.230 e. The zero-order valence-electron chi connectivity index (χ0n) is 16.0. The number of hydrogen-bond acceptors (Lipinski definition) is 1. The van der Waals surface area contributed by atoms with Crippen molar-refractivity contribution in [3.63, 3.8) is 0 Å². The molecule has 1 fully saturated rings. The van der Waals surface area contributed by atoms with Crippen LogP contribution in [0.25, 0.3) is 10.9 Å². The maximum absolute atomic E-state index is 10.2. The van der Waals surface area contributed by atoms with Crippen LogP contribution in [0.3, 0.4) is 0 Å². The molecule has 0 aliphatic heterocycles. The minimum Gasteiger partial charge on any atom is -0.388 e. The Balaban J connectivity index is 0.00000261. The first-order valence-electron chi connectivity index (χ1n) is 9.39. The zero-order valence-corrected chi connectivity index (χ0v) is 18.9. The minimum absolute atomic E-state index is 0. The molecule has 3 rings (SSSR count). The van der Waals surface area contributed by atoms with Gasteiger partial charge in [0.15, 0.2) is 0 Å². The van der Waals surface area contributed by atoms with Crippen molar-refractivity contribution in [3.8, 4) is 0 Å². The molecule has 1 aliphatic rings. The standard InChI is InChI=1S/C24H26NO.Y/c1-17(2)24(26)20-12-10-19(11-13-20)21-15-16-23(25-3)22(21)14-9-18-7-5-4-6-8-18;/h5-14,17,21-24,26H,15-16H2,1-2H3;/q-1;/b14-9+;. The molecule has 0 heterocycles. The van der Waals surface area contributed by atoms with E-state index in [4.69, 9.17) is 6.57 Å². The first-order chi connectivity index (χ1) is 12.6. The van der Waals surface area contributed by atoms with Crippen molar-refractivity contribution >= 4 is 6.08 Å². The predicted octanol–water partition coefficient (Wildman–Crippen LogP) is 5.67. The van der Waals surface area contributed by atoms with Crippen LogP contribution in [0.4, 0.5) is 0 Å². The van der Waals surface area contributed by atoms with Gasteiger partial charge in [-0.2, -0.15) is 30.3 Å². The smallest absolute Gasteiger partial charge is 0.230 e. The van der Waals surface area contributed by atoms with Crippen molar-refractivity contribution in [1.29, 1.82) is 0 Å². The van der Waals surface area contributed by atoms with Crippen molar-refractivity contribution in [1.82, 2.24) is 0 Å². The number of aliphatic hydroxyl groups excluding tert-OH is 1.